The molecule has 0 spiro atoms. The summed E-state index contributed by atoms with van der Waals surface area (Å²) >= 11 is 0. The zero-order chi connectivity index (χ0) is 28.8. The van der Waals surface area contributed by atoms with Gasteiger partial charge in [0.1, 0.15) is 16.8 Å². The molecular formula is C40H23N3O. The van der Waals surface area contributed by atoms with Crippen LogP contribution in [-0.2, 0) is 0 Å². The first-order valence-corrected chi connectivity index (χ1v) is 14.8. The molecule has 0 unspecified atom stereocenters. The van der Waals surface area contributed by atoms with Gasteiger partial charge in [0.25, 0.3) is 0 Å². The third-order valence-corrected chi connectivity index (χ3v) is 8.99. The highest BCUT2D eigenvalue weighted by Crippen LogP contribution is 2.42. The minimum atomic E-state index is 0.623. The van der Waals surface area contributed by atoms with Crippen LogP contribution >= 0.6 is 0 Å². The smallest absolute Gasteiger partial charge is 0.236 e. The molecule has 0 radical (unpaired) electrons. The number of nitrogens with zero attached hydrogens (tertiary/aromatic N) is 3. The van der Waals surface area contributed by atoms with Crippen molar-refractivity contribution in [3.63, 3.8) is 0 Å². The number of aromatic nitrogens is 3. The Morgan fingerprint density at radius 3 is 1.59 bits per heavy atom. The highest BCUT2D eigenvalue weighted by Gasteiger charge is 2.23. The minimum absolute atomic E-state index is 0.623. The van der Waals surface area contributed by atoms with Crippen molar-refractivity contribution >= 4 is 76.2 Å². The van der Waals surface area contributed by atoms with Gasteiger partial charge in [0.15, 0.2) is 5.58 Å². The normalized spacial score (nSPS) is 12.1. The SMILES string of the molecule is c1ccc(-c2nc(-n3c4ccc5ccccc5c4c4c5ccccc5ccc43)nc3c2oc2ccc4ccccc4c23)cc1. The summed E-state index contributed by atoms with van der Waals surface area (Å²) in [5, 5.41) is 10.6. The molecule has 10 rings (SSSR count). The maximum atomic E-state index is 6.57. The van der Waals surface area contributed by atoms with Gasteiger partial charge in [-0.2, -0.15) is 0 Å². The van der Waals surface area contributed by atoms with Crippen molar-refractivity contribution < 1.29 is 4.42 Å². The topological polar surface area (TPSA) is 43.9 Å². The number of rotatable bonds is 2. The molecular weight excluding hydrogens is 538 g/mol. The largest absolute Gasteiger partial charge is 0.452 e. The number of hydrogen-bond acceptors (Lipinski definition) is 3. The van der Waals surface area contributed by atoms with E-state index in [1.54, 1.807) is 0 Å². The van der Waals surface area contributed by atoms with Gasteiger partial charge in [0.2, 0.25) is 5.95 Å². The summed E-state index contributed by atoms with van der Waals surface area (Å²) in [4.78, 5) is 10.7. The van der Waals surface area contributed by atoms with Crippen molar-refractivity contribution in [3.05, 3.63) is 140 Å². The van der Waals surface area contributed by atoms with Crippen molar-refractivity contribution in [2.45, 2.75) is 0 Å². The number of hydrogen-bond donors (Lipinski definition) is 0. The summed E-state index contributed by atoms with van der Waals surface area (Å²) in [5.41, 5.74) is 6.24. The first-order chi connectivity index (χ1) is 21.8. The molecule has 3 heterocycles. The fraction of sp³-hybridized carbons (Fsp3) is 0. The van der Waals surface area contributed by atoms with Gasteiger partial charge in [-0.1, -0.05) is 121 Å². The third kappa shape index (κ3) is 3.17. The second-order valence-corrected chi connectivity index (χ2v) is 11.4. The molecule has 44 heavy (non-hydrogen) atoms. The van der Waals surface area contributed by atoms with Crippen LogP contribution < -0.4 is 0 Å². The van der Waals surface area contributed by atoms with Gasteiger partial charge >= 0.3 is 0 Å². The van der Waals surface area contributed by atoms with Gasteiger partial charge in [0, 0.05) is 16.3 Å². The molecule has 7 aromatic carbocycles. The van der Waals surface area contributed by atoms with E-state index in [2.05, 4.69) is 120 Å². The zero-order valence-corrected chi connectivity index (χ0v) is 23.5. The van der Waals surface area contributed by atoms with Crippen molar-refractivity contribution in [2.24, 2.45) is 0 Å². The van der Waals surface area contributed by atoms with Crippen LogP contribution in [0.2, 0.25) is 0 Å². The van der Waals surface area contributed by atoms with E-state index in [1.165, 1.54) is 32.3 Å². The van der Waals surface area contributed by atoms with Gasteiger partial charge in [-0.25, -0.2) is 9.97 Å². The van der Waals surface area contributed by atoms with Crippen LogP contribution in [0.25, 0.3) is 93.4 Å². The Morgan fingerprint density at radius 2 is 0.977 bits per heavy atom. The molecule has 0 aliphatic heterocycles. The van der Waals surface area contributed by atoms with E-state index >= 15 is 0 Å². The zero-order valence-electron chi connectivity index (χ0n) is 23.5. The lowest BCUT2D eigenvalue weighted by atomic mass is 10.00. The summed E-state index contributed by atoms with van der Waals surface area (Å²) in [7, 11) is 0. The Labute approximate surface area is 251 Å². The van der Waals surface area contributed by atoms with Gasteiger partial charge in [-0.15, -0.1) is 0 Å². The van der Waals surface area contributed by atoms with Crippen molar-refractivity contribution in [3.8, 4) is 17.2 Å². The molecule has 0 aliphatic rings. The first-order valence-electron chi connectivity index (χ1n) is 14.8. The van der Waals surface area contributed by atoms with Crippen molar-refractivity contribution in [2.75, 3.05) is 0 Å². The Balaban J connectivity index is 1.43. The first kappa shape index (κ1) is 23.6. The Kier molecular flexibility index (Phi) is 4.69. The second-order valence-electron chi connectivity index (χ2n) is 11.4. The predicted octanol–water partition coefficient (Wildman–Crippen LogP) is 10.6. The van der Waals surface area contributed by atoms with Gasteiger partial charge in [-0.3, -0.25) is 4.57 Å². The second kappa shape index (κ2) is 8.76. The van der Waals surface area contributed by atoms with E-state index in [9.17, 15) is 0 Å². The summed E-state index contributed by atoms with van der Waals surface area (Å²) < 4.78 is 8.81. The van der Waals surface area contributed by atoms with E-state index in [-0.39, 0.29) is 0 Å². The predicted molar refractivity (Wildman–Crippen MR) is 182 cm³/mol. The molecule has 0 atom stereocenters. The van der Waals surface area contributed by atoms with Crippen LogP contribution in [0.15, 0.2) is 144 Å². The average Bonchev–Trinajstić information content (AvgIpc) is 3.65. The molecule has 0 saturated heterocycles. The van der Waals surface area contributed by atoms with Crippen LogP contribution in [0, 0.1) is 0 Å². The van der Waals surface area contributed by atoms with E-state index in [0.29, 0.717) is 11.5 Å². The lowest BCUT2D eigenvalue weighted by Gasteiger charge is -2.10. The van der Waals surface area contributed by atoms with Gasteiger partial charge < -0.3 is 4.42 Å². The number of fused-ring (bicyclic) bond motifs is 12. The monoisotopic (exact) mass is 561 g/mol. The van der Waals surface area contributed by atoms with Crippen molar-refractivity contribution in [1.82, 2.24) is 14.5 Å². The van der Waals surface area contributed by atoms with Crippen LogP contribution in [0.1, 0.15) is 0 Å². The minimum Gasteiger partial charge on any atom is -0.452 e. The van der Waals surface area contributed by atoms with E-state index in [4.69, 9.17) is 14.4 Å². The maximum absolute atomic E-state index is 6.57. The lowest BCUT2D eigenvalue weighted by molar-refractivity contribution is 0.667. The molecule has 0 bridgehead atoms. The lowest BCUT2D eigenvalue weighted by Crippen LogP contribution is -2.03. The van der Waals surface area contributed by atoms with Gasteiger partial charge in [0.05, 0.1) is 16.4 Å². The summed E-state index contributed by atoms with van der Waals surface area (Å²) in [5.74, 6) is 0.623. The summed E-state index contributed by atoms with van der Waals surface area (Å²) in [6.07, 6.45) is 0. The molecule has 0 N–H and O–H groups in total. The standard InChI is InChI=1S/C40H23N3O/c1-2-13-27(14-3-1)37-39-38(36-30-17-9-6-12-26(30)20-23-33(36)44-39)42-40(41-37)43-31-21-18-24-10-4-7-15-28(24)34(31)35-29-16-8-5-11-25(29)19-22-32(35)43/h1-23H. The molecule has 0 amide bonds. The molecule has 4 heteroatoms. The van der Waals surface area contributed by atoms with E-state index < -0.39 is 0 Å². The highest BCUT2D eigenvalue weighted by molar-refractivity contribution is 6.28. The molecule has 3 aromatic heterocycles. The molecule has 0 aliphatic carbocycles. The maximum Gasteiger partial charge on any atom is 0.236 e. The van der Waals surface area contributed by atoms with Gasteiger partial charge in [-0.05, 0) is 50.5 Å². The fourth-order valence-corrected chi connectivity index (χ4v) is 7.05. The van der Waals surface area contributed by atoms with Crippen LogP contribution in [0.4, 0.5) is 0 Å². The molecule has 4 nitrogen and oxygen atoms in total. The van der Waals surface area contributed by atoms with Crippen LogP contribution in [-0.4, -0.2) is 14.5 Å². The molecule has 204 valence electrons. The Bertz CT molecular complexity index is 2680. The molecule has 10 aromatic rings. The van der Waals surface area contributed by atoms with E-state index in [1.807, 2.05) is 24.3 Å². The summed E-state index contributed by atoms with van der Waals surface area (Å²) in [6, 6.07) is 48.9. The molecule has 0 fully saturated rings. The Hall–Kier alpha value is -6.00. The summed E-state index contributed by atoms with van der Waals surface area (Å²) in [6.45, 7) is 0. The highest BCUT2D eigenvalue weighted by atomic mass is 16.3. The van der Waals surface area contributed by atoms with Crippen molar-refractivity contribution in [1.29, 1.82) is 0 Å². The number of furan rings is 1. The van der Waals surface area contributed by atoms with Crippen LogP contribution in [0.3, 0.4) is 0 Å². The quantitative estimate of drug-likeness (QED) is 0.211. The average molecular weight is 562 g/mol. The third-order valence-electron chi connectivity index (χ3n) is 8.99. The Morgan fingerprint density at radius 1 is 0.455 bits per heavy atom. The fourth-order valence-electron chi connectivity index (χ4n) is 7.05. The number of benzene rings is 7. The van der Waals surface area contributed by atoms with Crippen LogP contribution in [0.5, 0.6) is 0 Å². The van der Waals surface area contributed by atoms with E-state index in [0.717, 1.165) is 49.5 Å². The molecule has 0 saturated carbocycles.